The molecule has 0 radical (unpaired) electrons. The fourth-order valence-electron chi connectivity index (χ4n) is 11.7. The van der Waals surface area contributed by atoms with Gasteiger partial charge < -0.3 is 27.9 Å². The molecule has 0 fully saturated rings. The number of nitrogens with zero attached hydrogens (tertiary/aromatic N) is 1. The third-order valence-corrected chi connectivity index (χ3v) is 18.7. The molecule has 0 amide bonds. The molecular formula is C82H152NO8P. The fraction of sp³-hybridized carbons (Fsp3) is 0.829. The van der Waals surface area contributed by atoms with E-state index < -0.39 is 26.5 Å². The third kappa shape index (κ3) is 76.5. The summed E-state index contributed by atoms with van der Waals surface area (Å²) in [6.07, 6.45) is 98.9. The van der Waals surface area contributed by atoms with Crippen molar-refractivity contribution in [2.75, 3.05) is 47.5 Å². The van der Waals surface area contributed by atoms with Crippen LogP contribution in [0.2, 0.25) is 0 Å². The van der Waals surface area contributed by atoms with Crippen molar-refractivity contribution in [2.24, 2.45) is 0 Å². The van der Waals surface area contributed by atoms with E-state index in [1.165, 1.54) is 289 Å². The Kier molecular flexibility index (Phi) is 70.7. The SMILES string of the molecule is CC/C=C\C/C=C\C/C=C\C/C=C\CCCCCCCCCCCCCCCCCCCCCCCCCCCCCCC(=O)OC(COC(=O)CCCCCCCCCCCCCCCCC/C=C\C/C=C\CCCCCCC)COP(=O)([O-])OCC[N+](C)(C)C. The lowest BCUT2D eigenvalue weighted by molar-refractivity contribution is -0.870. The maximum atomic E-state index is 12.9. The first-order chi connectivity index (χ1) is 45.0. The van der Waals surface area contributed by atoms with E-state index >= 15 is 0 Å². The van der Waals surface area contributed by atoms with Crippen LogP contribution in [-0.4, -0.2) is 70.0 Å². The van der Waals surface area contributed by atoms with Crippen molar-refractivity contribution in [3.8, 4) is 0 Å². The van der Waals surface area contributed by atoms with E-state index in [1.54, 1.807) is 0 Å². The molecule has 0 rings (SSSR count). The fourth-order valence-corrected chi connectivity index (χ4v) is 12.4. The van der Waals surface area contributed by atoms with Crippen LogP contribution in [0.1, 0.15) is 386 Å². The number of likely N-dealkylation sites (N-methyl/N-ethyl adjacent to an activating group) is 1. The predicted octanol–water partition coefficient (Wildman–Crippen LogP) is 25.7. The smallest absolute Gasteiger partial charge is 0.306 e. The number of quaternary nitrogens is 1. The summed E-state index contributed by atoms with van der Waals surface area (Å²) in [5.41, 5.74) is 0. The molecule has 0 spiro atoms. The number of carbonyl (C=O) groups excluding carboxylic acids is 2. The second-order valence-corrected chi connectivity index (χ2v) is 29.5. The van der Waals surface area contributed by atoms with Crippen LogP contribution in [0.5, 0.6) is 0 Å². The van der Waals surface area contributed by atoms with E-state index in [1.807, 2.05) is 21.1 Å². The van der Waals surface area contributed by atoms with Gasteiger partial charge >= 0.3 is 11.9 Å². The molecule has 0 saturated carbocycles. The van der Waals surface area contributed by atoms with Crippen LogP contribution in [0.4, 0.5) is 0 Å². The molecule has 2 atom stereocenters. The molecule has 92 heavy (non-hydrogen) atoms. The Bertz CT molecular complexity index is 1780. The van der Waals surface area contributed by atoms with Crippen molar-refractivity contribution in [3.05, 3.63) is 72.9 Å². The predicted molar refractivity (Wildman–Crippen MR) is 397 cm³/mol. The minimum absolute atomic E-state index is 0.0291. The maximum absolute atomic E-state index is 12.9. The summed E-state index contributed by atoms with van der Waals surface area (Å²) in [5, 5.41) is 0. The Morgan fingerprint density at radius 2 is 0.620 bits per heavy atom. The van der Waals surface area contributed by atoms with Gasteiger partial charge in [-0.3, -0.25) is 14.2 Å². The average Bonchev–Trinajstić information content (AvgIpc) is 2.23. The molecular weight excluding hydrogens is 1160 g/mol. The molecule has 0 aromatic rings. The monoisotopic (exact) mass is 1310 g/mol. The first kappa shape index (κ1) is 89.5. The van der Waals surface area contributed by atoms with Crippen LogP contribution in [0.3, 0.4) is 0 Å². The summed E-state index contributed by atoms with van der Waals surface area (Å²) in [5.74, 6) is -0.813. The van der Waals surface area contributed by atoms with E-state index in [4.69, 9.17) is 18.5 Å². The van der Waals surface area contributed by atoms with Crippen molar-refractivity contribution in [1.82, 2.24) is 0 Å². The van der Waals surface area contributed by atoms with E-state index in [-0.39, 0.29) is 32.0 Å². The molecule has 0 N–H and O–H groups in total. The quantitative estimate of drug-likeness (QED) is 0.0195. The molecule has 9 nitrogen and oxygen atoms in total. The van der Waals surface area contributed by atoms with E-state index in [0.717, 1.165) is 64.2 Å². The Morgan fingerprint density at radius 3 is 0.924 bits per heavy atom. The van der Waals surface area contributed by atoms with E-state index in [0.29, 0.717) is 17.4 Å². The molecule has 10 heteroatoms. The molecule has 0 aromatic heterocycles. The van der Waals surface area contributed by atoms with Crippen LogP contribution in [-0.2, 0) is 32.7 Å². The molecule has 0 aromatic carbocycles. The second-order valence-electron chi connectivity index (χ2n) is 28.0. The number of rotatable bonds is 74. The van der Waals surface area contributed by atoms with Crippen LogP contribution < -0.4 is 4.89 Å². The molecule has 0 aliphatic rings. The zero-order valence-corrected chi connectivity index (χ0v) is 62.4. The van der Waals surface area contributed by atoms with Gasteiger partial charge in [0.1, 0.15) is 19.8 Å². The van der Waals surface area contributed by atoms with Crippen molar-refractivity contribution in [3.63, 3.8) is 0 Å². The van der Waals surface area contributed by atoms with Crippen molar-refractivity contribution in [2.45, 2.75) is 392 Å². The molecule has 0 aliphatic carbocycles. The number of carbonyl (C=O) groups is 2. The van der Waals surface area contributed by atoms with E-state index in [9.17, 15) is 19.0 Å². The first-order valence-corrected chi connectivity index (χ1v) is 41.1. The minimum Gasteiger partial charge on any atom is -0.756 e. The number of hydrogen-bond acceptors (Lipinski definition) is 8. The lowest BCUT2D eigenvalue weighted by atomic mass is 10.0. The van der Waals surface area contributed by atoms with Crippen LogP contribution in [0.25, 0.3) is 0 Å². The lowest BCUT2D eigenvalue weighted by Crippen LogP contribution is -2.37. The summed E-state index contributed by atoms with van der Waals surface area (Å²) in [4.78, 5) is 38.2. The molecule has 538 valence electrons. The number of ether oxygens (including phenoxy) is 2. The Balaban J connectivity index is 3.89. The van der Waals surface area contributed by atoms with Gasteiger partial charge in [0.2, 0.25) is 0 Å². The number of allylic oxidation sites excluding steroid dienone is 12. The third-order valence-electron chi connectivity index (χ3n) is 17.7. The molecule has 0 bridgehead atoms. The number of phosphoric acid groups is 1. The number of esters is 2. The van der Waals surface area contributed by atoms with Crippen LogP contribution in [0.15, 0.2) is 72.9 Å². The van der Waals surface area contributed by atoms with Gasteiger partial charge in [-0.15, -0.1) is 0 Å². The highest BCUT2D eigenvalue weighted by atomic mass is 31.2. The summed E-state index contributed by atoms with van der Waals surface area (Å²) >= 11 is 0. The zero-order chi connectivity index (χ0) is 66.9. The van der Waals surface area contributed by atoms with Crippen molar-refractivity contribution in [1.29, 1.82) is 0 Å². The average molecular weight is 1310 g/mol. The van der Waals surface area contributed by atoms with E-state index in [2.05, 4.69) is 86.8 Å². The van der Waals surface area contributed by atoms with Gasteiger partial charge in [0.25, 0.3) is 7.82 Å². The highest BCUT2D eigenvalue weighted by Gasteiger charge is 2.22. The Labute approximate surface area is 571 Å². The van der Waals surface area contributed by atoms with Gasteiger partial charge in [-0.2, -0.15) is 0 Å². The Morgan fingerprint density at radius 1 is 0.348 bits per heavy atom. The van der Waals surface area contributed by atoms with Gasteiger partial charge in [-0.05, 0) is 83.5 Å². The molecule has 0 heterocycles. The highest BCUT2D eigenvalue weighted by molar-refractivity contribution is 7.45. The maximum Gasteiger partial charge on any atom is 0.306 e. The van der Waals surface area contributed by atoms with Crippen molar-refractivity contribution < 1.29 is 42.1 Å². The van der Waals surface area contributed by atoms with Crippen LogP contribution in [0, 0.1) is 0 Å². The first-order valence-electron chi connectivity index (χ1n) is 39.6. The standard InChI is InChI=1S/C82H152NO8P/c1-6-8-10-12-14-16-18-20-22-24-26-28-30-32-34-35-36-37-38-39-40-41-42-43-44-45-46-47-49-51-53-55-57-59-61-63-65-67-69-71-73-75-82(85)91-80(79-90-92(86,87)89-77-76-83(3,4)5)78-88-81(84)74-72-70-68-66-64-62-60-58-56-54-52-50-48-33-31-29-27-25-23-21-19-17-15-13-11-9-7-2/h8,10,14,16,19-22,25-28,80H,6-7,9,11-13,15,17-18,23-24,29-79H2,1-5H3/b10-8-,16-14-,21-19-,22-20-,27-25-,28-26-. The van der Waals surface area contributed by atoms with Gasteiger partial charge in [-0.1, -0.05) is 363 Å². The summed E-state index contributed by atoms with van der Waals surface area (Å²) in [7, 11) is 1.18. The van der Waals surface area contributed by atoms with Gasteiger partial charge in [0.05, 0.1) is 27.7 Å². The second kappa shape index (κ2) is 72.7. The lowest BCUT2D eigenvalue weighted by Gasteiger charge is -2.28. The molecule has 2 unspecified atom stereocenters. The highest BCUT2D eigenvalue weighted by Crippen LogP contribution is 2.38. The topological polar surface area (TPSA) is 111 Å². The minimum atomic E-state index is -4.64. The number of phosphoric ester groups is 1. The normalized spacial score (nSPS) is 13.4. The number of unbranched alkanes of at least 4 members (excludes halogenated alkanes) is 48. The molecule has 0 saturated heterocycles. The summed E-state index contributed by atoms with van der Waals surface area (Å²) in [6, 6.07) is 0. The van der Waals surface area contributed by atoms with Crippen molar-refractivity contribution >= 4 is 19.8 Å². The van der Waals surface area contributed by atoms with Gasteiger partial charge in [0.15, 0.2) is 6.10 Å². The zero-order valence-electron chi connectivity index (χ0n) is 61.5. The summed E-state index contributed by atoms with van der Waals surface area (Å²) < 4.78 is 34.4. The largest absolute Gasteiger partial charge is 0.756 e. The van der Waals surface area contributed by atoms with Crippen LogP contribution >= 0.6 is 7.82 Å². The summed E-state index contributed by atoms with van der Waals surface area (Å²) in [6.45, 7) is 4.18. The Hall–Kier alpha value is -2.55. The van der Waals surface area contributed by atoms with Gasteiger partial charge in [-0.25, -0.2) is 0 Å². The number of hydrogen-bond donors (Lipinski definition) is 0. The molecule has 0 aliphatic heterocycles. The van der Waals surface area contributed by atoms with Gasteiger partial charge in [0, 0.05) is 12.8 Å².